The van der Waals surface area contributed by atoms with Crippen molar-refractivity contribution in [2.75, 3.05) is 18.1 Å². The van der Waals surface area contributed by atoms with Gasteiger partial charge in [-0.15, -0.1) is 0 Å². The fraction of sp³-hybridized carbons (Fsp3) is 0.333. The molecule has 1 spiro atoms. The van der Waals surface area contributed by atoms with Crippen LogP contribution < -0.4 is 10.6 Å². The molecule has 3 aliphatic rings. The van der Waals surface area contributed by atoms with Crippen molar-refractivity contribution in [3.05, 3.63) is 52.6 Å². The number of carbonyl (C=O) groups is 3. The number of hydrogen-bond donors (Lipinski definition) is 1. The first-order valence-corrected chi connectivity index (χ1v) is 9.38. The molecule has 0 fully saturated rings. The highest BCUT2D eigenvalue weighted by Gasteiger charge is 2.62. The zero-order valence-electron chi connectivity index (χ0n) is 15.9. The lowest BCUT2D eigenvalue weighted by Crippen LogP contribution is -2.50. The fourth-order valence-corrected chi connectivity index (χ4v) is 4.40. The van der Waals surface area contributed by atoms with E-state index in [0.29, 0.717) is 29.9 Å². The van der Waals surface area contributed by atoms with Crippen LogP contribution in [-0.2, 0) is 29.3 Å². The normalized spacial score (nSPS) is 23.0. The Morgan fingerprint density at radius 3 is 2.83 bits per heavy atom. The van der Waals surface area contributed by atoms with E-state index in [1.54, 1.807) is 31.2 Å². The minimum absolute atomic E-state index is 0.129. The van der Waals surface area contributed by atoms with Crippen molar-refractivity contribution in [1.29, 1.82) is 5.26 Å². The van der Waals surface area contributed by atoms with E-state index >= 15 is 0 Å². The van der Waals surface area contributed by atoms with Gasteiger partial charge in [0.1, 0.15) is 29.4 Å². The number of Topliss-reactive ketones (excluding diaryl/α,β-unsaturated/α-hetero) is 1. The van der Waals surface area contributed by atoms with E-state index < -0.39 is 17.3 Å². The topological polar surface area (TPSA) is 123 Å². The van der Waals surface area contributed by atoms with Crippen LogP contribution in [0, 0.1) is 11.3 Å². The Hall–Kier alpha value is -3.60. The van der Waals surface area contributed by atoms with Crippen LogP contribution in [0.25, 0.3) is 0 Å². The van der Waals surface area contributed by atoms with E-state index in [4.69, 9.17) is 15.2 Å². The number of rotatable bonds is 3. The van der Waals surface area contributed by atoms with Gasteiger partial charge in [-0.05, 0) is 19.4 Å². The van der Waals surface area contributed by atoms with Gasteiger partial charge in [0.25, 0.3) is 0 Å². The van der Waals surface area contributed by atoms with Gasteiger partial charge in [-0.25, -0.2) is 0 Å². The molecule has 148 valence electrons. The zero-order valence-corrected chi connectivity index (χ0v) is 15.9. The molecule has 1 atom stereocenters. The lowest BCUT2D eigenvalue weighted by molar-refractivity contribution is -0.142. The van der Waals surface area contributed by atoms with Gasteiger partial charge in [0, 0.05) is 24.1 Å². The molecule has 0 radical (unpaired) electrons. The quantitative estimate of drug-likeness (QED) is 0.773. The minimum Gasteiger partial charge on any atom is -0.465 e. The zero-order chi connectivity index (χ0) is 20.8. The standard InChI is InChI=1S/C21H19N3O5/c1-2-28-17(26)11-24-14-7-4-3-6-12(14)21(20(24)27)13(10-22)19(23)29-16-9-5-8-15(25)18(16)21/h3-4,6-7H,2,5,8-9,11,23H2,1H3/t21-/m1/s1. The number of nitrogens with zero attached hydrogens (tertiary/aromatic N) is 2. The van der Waals surface area contributed by atoms with Gasteiger partial charge in [0.2, 0.25) is 11.8 Å². The van der Waals surface area contributed by atoms with Crippen molar-refractivity contribution in [3.8, 4) is 6.07 Å². The molecular weight excluding hydrogens is 374 g/mol. The molecule has 2 aliphatic heterocycles. The number of ether oxygens (including phenoxy) is 2. The van der Waals surface area contributed by atoms with Crippen molar-refractivity contribution < 1.29 is 23.9 Å². The first kappa shape index (κ1) is 18.7. The fourth-order valence-electron chi connectivity index (χ4n) is 4.40. The maximum absolute atomic E-state index is 13.8. The molecule has 2 N–H and O–H groups in total. The van der Waals surface area contributed by atoms with Crippen LogP contribution in [0.4, 0.5) is 5.69 Å². The van der Waals surface area contributed by atoms with E-state index in [0.717, 1.165) is 0 Å². The first-order chi connectivity index (χ1) is 14.0. The second-order valence-electron chi connectivity index (χ2n) is 6.99. The highest BCUT2D eigenvalue weighted by atomic mass is 16.5. The molecule has 29 heavy (non-hydrogen) atoms. The number of esters is 1. The van der Waals surface area contributed by atoms with Gasteiger partial charge in [-0.1, -0.05) is 18.2 Å². The smallest absolute Gasteiger partial charge is 0.326 e. The largest absolute Gasteiger partial charge is 0.465 e. The lowest BCUT2D eigenvalue weighted by Gasteiger charge is -2.37. The highest BCUT2D eigenvalue weighted by molar-refractivity contribution is 6.20. The summed E-state index contributed by atoms with van der Waals surface area (Å²) in [7, 11) is 0. The van der Waals surface area contributed by atoms with Crippen molar-refractivity contribution >= 4 is 23.3 Å². The predicted octanol–water partition coefficient (Wildman–Crippen LogP) is 1.57. The first-order valence-electron chi connectivity index (χ1n) is 9.38. The van der Waals surface area contributed by atoms with Crippen LogP contribution >= 0.6 is 0 Å². The number of ketones is 1. The number of para-hydroxylation sites is 1. The summed E-state index contributed by atoms with van der Waals surface area (Å²) in [5, 5.41) is 9.90. The van der Waals surface area contributed by atoms with E-state index in [9.17, 15) is 19.6 Å². The van der Waals surface area contributed by atoms with Crippen molar-refractivity contribution in [2.24, 2.45) is 5.73 Å². The van der Waals surface area contributed by atoms with Gasteiger partial charge in [0.05, 0.1) is 12.2 Å². The van der Waals surface area contributed by atoms with E-state index in [1.165, 1.54) is 4.90 Å². The molecule has 8 nitrogen and oxygen atoms in total. The number of amides is 1. The number of nitrogens with two attached hydrogens (primary N) is 1. The summed E-state index contributed by atoms with van der Waals surface area (Å²) in [6, 6.07) is 8.79. The predicted molar refractivity (Wildman–Crippen MR) is 101 cm³/mol. The molecule has 1 aromatic carbocycles. The van der Waals surface area contributed by atoms with Crippen LogP contribution in [0.3, 0.4) is 0 Å². The van der Waals surface area contributed by atoms with Crippen LogP contribution in [0.5, 0.6) is 0 Å². The minimum atomic E-state index is -1.70. The number of anilines is 1. The molecule has 2 heterocycles. The maximum atomic E-state index is 13.8. The molecule has 0 aromatic heterocycles. The number of hydrogen-bond acceptors (Lipinski definition) is 7. The Labute approximate surface area is 167 Å². The number of allylic oxidation sites excluding steroid dienone is 1. The summed E-state index contributed by atoms with van der Waals surface area (Å²) in [6.45, 7) is 1.51. The molecule has 8 heteroatoms. The third-order valence-electron chi connectivity index (χ3n) is 5.46. The molecule has 1 amide bonds. The highest BCUT2D eigenvalue weighted by Crippen LogP contribution is 2.55. The number of fused-ring (bicyclic) bond motifs is 3. The van der Waals surface area contributed by atoms with Gasteiger partial charge in [-0.3, -0.25) is 19.3 Å². The summed E-state index contributed by atoms with van der Waals surface area (Å²) in [5.74, 6) is -1.29. The molecule has 1 aromatic rings. The summed E-state index contributed by atoms with van der Waals surface area (Å²) in [5.41, 5.74) is 5.24. The van der Waals surface area contributed by atoms with Crippen molar-refractivity contribution in [3.63, 3.8) is 0 Å². The van der Waals surface area contributed by atoms with E-state index in [-0.39, 0.29) is 42.4 Å². The Kier molecular flexibility index (Phi) is 4.38. The van der Waals surface area contributed by atoms with Crippen LogP contribution in [-0.4, -0.2) is 30.8 Å². The summed E-state index contributed by atoms with van der Waals surface area (Å²) in [6.07, 6.45) is 1.26. The van der Waals surface area contributed by atoms with E-state index in [2.05, 4.69) is 0 Å². The van der Waals surface area contributed by atoms with Crippen molar-refractivity contribution in [1.82, 2.24) is 0 Å². The SMILES string of the molecule is CCOC(=O)CN1C(=O)[C@@]2(C(C#N)=C(N)OC3=C2C(=O)CCC3)c2ccccc21. The molecule has 1 aliphatic carbocycles. The third-order valence-corrected chi connectivity index (χ3v) is 5.46. The van der Waals surface area contributed by atoms with E-state index in [1.807, 2.05) is 6.07 Å². The second-order valence-corrected chi connectivity index (χ2v) is 6.99. The van der Waals surface area contributed by atoms with Gasteiger partial charge in [0.15, 0.2) is 5.78 Å². The molecule has 0 saturated carbocycles. The number of nitriles is 1. The Morgan fingerprint density at radius 1 is 1.34 bits per heavy atom. The lowest BCUT2D eigenvalue weighted by atomic mass is 9.65. The molecule has 0 bridgehead atoms. The Morgan fingerprint density at radius 2 is 2.10 bits per heavy atom. The monoisotopic (exact) mass is 393 g/mol. The molecule has 0 unspecified atom stereocenters. The Balaban J connectivity index is 1.99. The summed E-state index contributed by atoms with van der Waals surface area (Å²) >= 11 is 0. The van der Waals surface area contributed by atoms with Crippen LogP contribution in [0.15, 0.2) is 47.1 Å². The number of carbonyl (C=O) groups excluding carboxylic acids is 3. The third kappa shape index (κ3) is 2.47. The Bertz CT molecular complexity index is 1050. The average Bonchev–Trinajstić information content (AvgIpc) is 2.92. The van der Waals surface area contributed by atoms with Gasteiger partial charge >= 0.3 is 5.97 Å². The average molecular weight is 393 g/mol. The van der Waals surface area contributed by atoms with Gasteiger partial charge < -0.3 is 15.2 Å². The molecule has 0 saturated heterocycles. The van der Waals surface area contributed by atoms with Crippen LogP contribution in [0.2, 0.25) is 0 Å². The second kappa shape index (κ2) is 6.78. The summed E-state index contributed by atoms with van der Waals surface area (Å²) < 4.78 is 10.6. The van der Waals surface area contributed by atoms with Crippen molar-refractivity contribution in [2.45, 2.75) is 31.6 Å². The maximum Gasteiger partial charge on any atom is 0.326 e. The molecule has 4 rings (SSSR count). The van der Waals surface area contributed by atoms with Gasteiger partial charge in [-0.2, -0.15) is 5.26 Å². The van der Waals surface area contributed by atoms with Crippen LogP contribution in [0.1, 0.15) is 31.7 Å². The summed E-state index contributed by atoms with van der Waals surface area (Å²) in [4.78, 5) is 40.2. The number of benzene rings is 1. The molecular formula is C21H19N3O5.